The van der Waals surface area contributed by atoms with Crippen molar-refractivity contribution >= 4 is 71.2 Å². The Labute approximate surface area is 297 Å². The van der Waals surface area contributed by atoms with E-state index >= 15 is 0 Å². The lowest BCUT2D eigenvalue weighted by Gasteiger charge is -2.26. The Morgan fingerprint density at radius 2 is 0.863 bits per heavy atom. The van der Waals surface area contributed by atoms with Crippen LogP contribution in [-0.4, -0.2) is 4.57 Å². The minimum absolute atomic E-state index is 1.13. The van der Waals surface area contributed by atoms with Gasteiger partial charge in [-0.05, 0) is 91.6 Å². The van der Waals surface area contributed by atoms with Gasteiger partial charge in [-0.1, -0.05) is 146 Å². The van der Waals surface area contributed by atoms with Gasteiger partial charge in [-0.15, -0.1) is 0 Å². The Bertz CT molecular complexity index is 2900. The van der Waals surface area contributed by atoms with Crippen LogP contribution in [0.5, 0.6) is 0 Å². The largest absolute Gasteiger partial charge is 0.343 e. The summed E-state index contributed by atoms with van der Waals surface area (Å²) in [4.78, 5) is 2.33. The molecule has 0 saturated heterocycles. The summed E-state index contributed by atoms with van der Waals surface area (Å²) in [6.07, 6.45) is 0. The molecular formula is C49H34N2. The minimum Gasteiger partial charge on any atom is -0.343 e. The molecule has 0 aliphatic heterocycles. The van der Waals surface area contributed by atoms with E-state index in [1.165, 1.54) is 76.4 Å². The fourth-order valence-corrected chi connectivity index (χ4v) is 8.06. The molecule has 10 rings (SSSR count). The van der Waals surface area contributed by atoms with E-state index in [1.807, 2.05) is 0 Å². The first-order chi connectivity index (χ1) is 25.2. The molecule has 51 heavy (non-hydrogen) atoms. The lowest BCUT2D eigenvalue weighted by molar-refractivity contribution is 1.02. The van der Waals surface area contributed by atoms with Crippen molar-refractivity contribution in [3.63, 3.8) is 0 Å². The summed E-state index contributed by atoms with van der Waals surface area (Å²) in [5.41, 5.74) is 10.8. The monoisotopic (exact) mass is 650 g/mol. The molecule has 0 unspecified atom stereocenters. The predicted molar refractivity (Wildman–Crippen MR) is 218 cm³/mol. The number of rotatable bonds is 5. The highest BCUT2D eigenvalue weighted by atomic mass is 15.1. The van der Waals surface area contributed by atoms with Gasteiger partial charge >= 0.3 is 0 Å². The van der Waals surface area contributed by atoms with Crippen LogP contribution >= 0.6 is 0 Å². The second-order valence-corrected chi connectivity index (χ2v) is 13.4. The topological polar surface area (TPSA) is 8.17 Å². The van der Waals surface area contributed by atoms with E-state index in [2.05, 4.69) is 205 Å². The molecule has 2 nitrogen and oxygen atoms in total. The summed E-state index contributed by atoms with van der Waals surface area (Å²) in [7, 11) is 2.21. The molecule has 0 spiro atoms. The van der Waals surface area contributed by atoms with E-state index in [-0.39, 0.29) is 0 Å². The van der Waals surface area contributed by atoms with Gasteiger partial charge in [-0.3, -0.25) is 0 Å². The maximum Gasteiger partial charge on any atom is 0.0574 e. The smallest absolute Gasteiger partial charge is 0.0574 e. The molecule has 0 amide bonds. The average Bonchev–Trinajstić information content (AvgIpc) is 3.50. The number of hydrogen-bond acceptors (Lipinski definition) is 1. The zero-order valence-corrected chi connectivity index (χ0v) is 28.3. The maximum atomic E-state index is 2.38. The summed E-state index contributed by atoms with van der Waals surface area (Å²) in [5.74, 6) is 0. The van der Waals surface area contributed by atoms with Crippen LogP contribution in [0.15, 0.2) is 188 Å². The molecule has 240 valence electrons. The fourth-order valence-electron chi connectivity index (χ4n) is 8.06. The van der Waals surface area contributed by atoms with Crippen molar-refractivity contribution in [2.24, 2.45) is 7.05 Å². The molecule has 0 radical (unpaired) electrons. The average molecular weight is 651 g/mol. The van der Waals surface area contributed by atoms with Crippen LogP contribution in [0.2, 0.25) is 0 Å². The van der Waals surface area contributed by atoms with Gasteiger partial charge in [0.05, 0.1) is 5.52 Å². The molecule has 9 aromatic carbocycles. The van der Waals surface area contributed by atoms with E-state index in [1.54, 1.807) is 0 Å². The molecule has 0 saturated carbocycles. The number of aryl methyl sites for hydroxylation is 1. The molecule has 0 bridgehead atoms. The zero-order valence-electron chi connectivity index (χ0n) is 28.3. The molecule has 10 aromatic rings. The first kappa shape index (κ1) is 29.3. The Morgan fingerprint density at radius 3 is 1.59 bits per heavy atom. The van der Waals surface area contributed by atoms with Gasteiger partial charge in [0.1, 0.15) is 0 Å². The molecule has 0 N–H and O–H groups in total. The van der Waals surface area contributed by atoms with Crippen molar-refractivity contribution in [2.75, 3.05) is 4.90 Å². The van der Waals surface area contributed by atoms with Gasteiger partial charge in [-0.25, -0.2) is 0 Å². The van der Waals surface area contributed by atoms with Crippen molar-refractivity contribution in [1.82, 2.24) is 4.57 Å². The second-order valence-electron chi connectivity index (χ2n) is 13.4. The number of para-hydroxylation sites is 1. The lowest BCUT2D eigenvalue weighted by atomic mass is 9.96. The fraction of sp³-hybridized carbons (Fsp3) is 0.0204. The van der Waals surface area contributed by atoms with Crippen LogP contribution in [0.3, 0.4) is 0 Å². The summed E-state index contributed by atoms with van der Waals surface area (Å²) in [6, 6.07) is 68.3. The van der Waals surface area contributed by atoms with Crippen LogP contribution in [0.25, 0.3) is 76.4 Å². The molecule has 0 atom stereocenters. The van der Waals surface area contributed by atoms with E-state index in [4.69, 9.17) is 0 Å². The Morgan fingerprint density at radius 1 is 0.353 bits per heavy atom. The van der Waals surface area contributed by atoms with Crippen molar-refractivity contribution in [3.05, 3.63) is 188 Å². The maximum absolute atomic E-state index is 2.38. The molecule has 1 aromatic heterocycles. The van der Waals surface area contributed by atoms with Crippen molar-refractivity contribution in [1.29, 1.82) is 0 Å². The summed E-state index contributed by atoms with van der Waals surface area (Å²) < 4.78 is 2.38. The molecule has 0 fully saturated rings. The Kier molecular flexibility index (Phi) is 6.75. The van der Waals surface area contributed by atoms with Gasteiger partial charge in [0.25, 0.3) is 0 Å². The molecule has 0 aliphatic carbocycles. The second kappa shape index (κ2) is 11.8. The van der Waals surface area contributed by atoms with E-state index < -0.39 is 0 Å². The van der Waals surface area contributed by atoms with Crippen LogP contribution in [0, 0.1) is 0 Å². The summed E-state index contributed by atoms with van der Waals surface area (Å²) in [6.45, 7) is 0. The van der Waals surface area contributed by atoms with Crippen molar-refractivity contribution in [2.45, 2.75) is 0 Å². The highest BCUT2D eigenvalue weighted by Gasteiger charge is 2.17. The molecule has 1 heterocycles. The highest BCUT2D eigenvalue weighted by molar-refractivity contribution is 6.31. The predicted octanol–water partition coefficient (Wildman–Crippen LogP) is 13.6. The normalized spacial score (nSPS) is 11.6. The van der Waals surface area contributed by atoms with E-state index in [0.29, 0.717) is 0 Å². The van der Waals surface area contributed by atoms with Gasteiger partial charge < -0.3 is 9.47 Å². The number of aromatic nitrogens is 1. The third-order valence-corrected chi connectivity index (χ3v) is 10.6. The van der Waals surface area contributed by atoms with Crippen molar-refractivity contribution < 1.29 is 0 Å². The van der Waals surface area contributed by atoms with Gasteiger partial charge in [0, 0.05) is 45.8 Å². The number of anilines is 3. The van der Waals surface area contributed by atoms with Crippen LogP contribution < -0.4 is 4.90 Å². The lowest BCUT2D eigenvalue weighted by Crippen LogP contribution is -2.09. The third-order valence-electron chi connectivity index (χ3n) is 10.6. The van der Waals surface area contributed by atoms with E-state index in [0.717, 1.165) is 17.1 Å². The van der Waals surface area contributed by atoms with Gasteiger partial charge in [0.15, 0.2) is 0 Å². The highest BCUT2D eigenvalue weighted by Crippen LogP contribution is 2.42. The van der Waals surface area contributed by atoms with Crippen LogP contribution in [-0.2, 0) is 7.05 Å². The number of nitrogens with zero attached hydrogens (tertiary/aromatic N) is 2. The molecule has 2 heteroatoms. The quantitative estimate of drug-likeness (QED) is 0.168. The van der Waals surface area contributed by atoms with E-state index in [9.17, 15) is 0 Å². The number of fused-ring (bicyclic) bond motifs is 9. The minimum atomic E-state index is 1.13. The first-order valence-corrected chi connectivity index (χ1v) is 17.6. The Balaban J connectivity index is 1.00. The molecular weight excluding hydrogens is 617 g/mol. The van der Waals surface area contributed by atoms with Gasteiger partial charge in [-0.2, -0.15) is 0 Å². The van der Waals surface area contributed by atoms with Gasteiger partial charge in [0.2, 0.25) is 0 Å². The standard InChI is InChI=1S/C49H34N2/c1-50-47-32-38(26-30-46(47)48-44-17-9-7-15-42(44)43-16-8-10-18-45(43)49(48)50)36-21-19-34(20-22-36)35-23-27-40(28-24-35)51(39-13-3-2-4-14-39)41-29-25-33-11-5-6-12-37(33)31-41/h2-32H,1H3. The molecule has 0 aliphatic rings. The SMILES string of the molecule is Cn1c2cc(-c3ccc(-c4ccc(N(c5ccccc5)c5ccc6ccccc6c5)cc4)cc3)ccc2c2c3ccccc3c3ccccc3c21. The summed E-state index contributed by atoms with van der Waals surface area (Å²) in [5, 5.41) is 10.3. The number of benzene rings is 9. The zero-order chi connectivity index (χ0) is 33.9. The van der Waals surface area contributed by atoms with Crippen molar-refractivity contribution in [3.8, 4) is 22.3 Å². The van der Waals surface area contributed by atoms with Crippen LogP contribution in [0.1, 0.15) is 0 Å². The Hall–Kier alpha value is -6.64. The first-order valence-electron chi connectivity index (χ1n) is 17.6. The third kappa shape index (κ3) is 4.80. The van der Waals surface area contributed by atoms with Crippen LogP contribution in [0.4, 0.5) is 17.1 Å². The number of hydrogen-bond donors (Lipinski definition) is 0. The summed E-state index contributed by atoms with van der Waals surface area (Å²) >= 11 is 0.